The van der Waals surface area contributed by atoms with Gasteiger partial charge in [-0.25, -0.2) is 0 Å². The first-order valence-corrected chi connectivity index (χ1v) is 16.3. The minimum atomic E-state index is -0.499. The molecule has 0 unspecified atom stereocenters. The van der Waals surface area contributed by atoms with Crippen molar-refractivity contribution in [2.45, 2.75) is 11.5 Å². The number of hydrogen-bond donors (Lipinski definition) is 3. The van der Waals surface area contributed by atoms with E-state index in [1.54, 1.807) is 79.9 Å². The summed E-state index contributed by atoms with van der Waals surface area (Å²) in [6.45, 7) is 0.430. The zero-order valence-electron chi connectivity index (χ0n) is 27.0. The van der Waals surface area contributed by atoms with Crippen LogP contribution >= 0.6 is 11.8 Å². The summed E-state index contributed by atoms with van der Waals surface area (Å²) in [6.07, 6.45) is 1.61. The highest BCUT2D eigenvalue weighted by atomic mass is 32.2. The molecule has 3 amide bonds. The first kappa shape index (κ1) is 34.3. The van der Waals surface area contributed by atoms with E-state index in [0.717, 1.165) is 10.5 Å². The Hall–Kier alpha value is -6.00. The lowest BCUT2D eigenvalue weighted by Crippen LogP contribution is -2.30. The third-order valence-corrected chi connectivity index (χ3v) is 8.14. The number of hydrogen-bond acceptors (Lipinski definition) is 7. The Morgan fingerprint density at radius 1 is 0.714 bits per heavy atom. The van der Waals surface area contributed by atoms with Gasteiger partial charge in [0.25, 0.3) is 11.8 Å². The molecule has 0 aliphatic heterocycles. The standard InChI is InChI=1S/C39H35N3O6S/c1-46-32-19-22-36(47-2)34(24-32)41-37(43)26-49-33-20-15-30(16-21-33)40-39(45)35(42-38(44)29-11-7-4-8-12-29)23-27-13-17-31(18-14-27)48-25-28-9-5-3-6-10-28/h3-24H,25-26H2,1-2H3,(H,40,45)(H,41,43)(H,42,44)/b35-23-. The Morgan fingerprint density at radius 3 is 2.06 bits per heavy atom. The van der Waals surface area contributed by atoms with Crippen LogP contribution < -0.4 is 30.2 Å². The van der Waals surface area contributed by atoms with E-state index in [1.165, 1.54) is 18.9 Å². The molecular weight excluding hydrogens is 639 g/mol. The lowest BCUT2D eigenvalue weighted by molar-refractivity contribution is -0.114. The van der Waals surface area contributed by atoms with Gasteiger partial charge in [-0.05, 0) is 77.9 Å². The van der Waals surface area contributed by atoms with E-state index in [9.17, 15) is 14.4 Å². The first-order chi connectivity index (χ1) is 23.9. The summed E-state index contributed by atoms with van der Waals surface area (Å²) in [4.78, 5) is 40.0. The van der Waals surface area contributed by atoms with Crippen molar-refractivity contribution in [1.29, 1.82) is 0 Å². The fourth-order valence-corrected chi connectivity index (χ4v) is 5.29. The van der Waals surface area contributed by atoms with Crippen LogP contribution in [0.4, 0.5) is 11.4 Å². The zero-order chi connectivity index (χ0) is 34.4. The average Bonchev–Trinajstić information content (AvgIpc) is 3.14. The maximum absolute atomic E-state index is 13.5. The smallest absolute Gasteiger partial charge is 0.272 e. The van der Waals surface area contributed by atoms with Gasteiger partial charge in [0.2, 0.25) is 5.91 Å². The van der Waals surface area contributed by atoms with E-state index < -0.39 is 11.8 Å². The molecule has 248 valence electrons. The second kappa shape index (κ2) is 17.2. The highest BCUT2D eigenvalue weighted by Gasteiger charge is 2.16. The number of thioether (sulfide) groups is 1. The van der Waals surface area contributed by atoms with Crippen LogP contribution in [0.5, 0.6) is 17.2 Å². The number of benzene rings is 5. The van der Waals surface area contributed by atoms with Gasteiger partial charge in [-0.1, -0.05) is 60.7 Å². The molecule has 10 heteroatoms. The molecule has 0 aliphatic rings. The molecule has 0 aliphatic carbocycles. The molecule has 0 saturated heterocycles. The molecule has 0 heterocycles. The number of nitrogens with one attached hydrogen (secondary N) is 3. The monoisotopic (exact) mass is 673 g/mol. The molecule has 0 fully saturated rings. The summed E-state index contributed by atoms with van der Waals surface area (Å²) in [7, 11) is 3.08. The third kappa shape index (κ3) is 10.2. The Bertz CT molecular complexity index is 1900. The molecule has 0 atom stereocenters. The van der Waals surface area contributed by atoms with Gasteiger partial charge < -0.3 is 30.2 Å². The summed E-state index contributed by atoms with van der Waals surface area (Å²) in [5, 5.41) is 8.46. The second-order valence-corrected chi connectivity index (χ2v) is 11.7. The Balaban J connectivity index is 1.22. The van der Waals surface area contributed by atoms with Crippen LogP contribution in [0.3, 0.4) is 0 Å². The first-order valence-electron chi connectivity index (χ1n) is 15.3. The number of rotatable bonds is 14. The number of anilines is 2. The van der Waals surface area contributed by atoms with Gasteiger partial charge in [0.1, 0.15) is 29.6 Å². The van der Waals surface area contributed by atoms with Crippen LogP contribution in [0.2, 0.25) is 0 Å². The normalized spacial score (nSPS) is 10.9. The fourth-order valence-electron chi connectivity index (χ4n) is 4.59. The summed E-state index contributed by atoms with van der Waals surface area (Å²) in [5.74, 6) is 0.825. The van der Waals surface area contributed by atoms with Gasteiger partial charge in [0, 0.05) is 22.2 Å². The molecule has 0 spiro atoms. The lowest BCUT2D eigenvalue weighted by atomic mass is 10.1. The molecule has 0 radical (unpaired) electrons. The van der Waals surface area contributed by atoms with E-state index in [-0.39, 0.29) is 17.4 Å². The average molecular weight is 674 g/mol. The van der Waals surface area contributed by atoms with E-state index in [2.05, 4.69) is 16.0 Å². The molecule has 3 N–H and O–H groups in total. The molecule has 9 nitrogen and oxygen atoms in total. The van der Waals surface area contributed by atoms with Crippen molar-refractivity contribution in [3.63, 3.8) is 0 Å². The number of amides is 3. The summed E-state index contributed by atoms with van der Waals surface area (Å²) in [6, 6.07) is 38.0. The predicted molar refractivity (Wildman–Crippen MR) is 193 cm³/mol. The second-order valence-electron chi connectivity index (χ2n) is 10.6. The molecule has 5 aromatic carbocycles. The highest BCUT2D eigenvalue weighted by Crippen LogP contribution is 2.29. The number of methoxy groups -OCH3 is 2. The Morgan fingerprint density at radius 2 is 1.39 bits per heavy atom. The van der Waals surface area contributed by atoms with Gasteiger partial charge in [-0.3, -0.25) is 14.4 Å². The van der Waals surface area contributed by atoms with Crippen LogP contribution in [0.1, 0.15) is 21.5 Å². The quantitative estimate of drug-likeness (QED) is 0.0830. The van der Waals surface area contributed by atoms with Gasteiger partial charge in [-0.2, -0.15) is 0 Å². The van der Waals surface area contributed by atoms with E-state index in [1.807, 2.05) is 60.7 Å². The molecule has 0 saturated carbocycles. The predicted octanol–water partition coefficient (Wildman–Crippen LogP) is 7.42. The van der Waals surface area contributed by atoms with Crippen LogP contribution in [0, 0.1) is 0 Å². The highest BCUT2D eigenvalue weighted by molar-refractivity contribution is 8.00. The van der Waals surface area contributed by atoms with Crippen molar-refractivity contribution >= 4 is 46.9 Å². The number of ether oxygens (including phenoxy) is 3. The topological polar surface area (TPSA) is 115 Å². The summed E-state index contributed by atoms with van der Waals surface area (Å²) >= 11 is 1.34. The zero-order valence-corrected chi connectivity index (χ0v) is 27.8. The molecular formula is C39H35N3O6S. The minimum Gasteiger partial charge on any atom is -0.497 e. The van der Waals surface area contributed by atoms with Gasteiger partial charge in [0.05, 0.1) is 25.7 Å². The van der Waals surface area contributed by atoms with E-state index in [4.69, 9.17) is 14.2 Å². The van der Waals surface area contributed by atoms with Gasteiger partial charge in [-0.15, -0.1) is 11.8 Å². The van der Waals surface area contributed by atoms with Crippen LogP contribution in [-0.2, 0) is 16.2 Å². The maximum atomic E-state index is 13.5. The fraction of sp³-hybridized carbons (Fsp3) is 0.103. The molecule has 49 heavy (non-hydrogen) atoms. The van der Waals surface area contributed by atoms with E-state index >= 15 is 0 Å². The van der Waals surface area contributed by atoms with Crippen LogP contribution in [0.15, 0.2) is 138 Å². The summed E-state index contributed by atoms with van der Waals surface area (Å²) in [5.41, 5.74) is 3.26. The van der Waals surface area contributed by atoms with Crippen molar-refractivity contribution in [2.75, 3.05) is 30.6 Å². The molecule has 5 rings (SSSR count). The number of carbonyl (C=O) groups excluding carboxylic acids is 3. The van der Waals surface area contributed by atoms with Crippen molar-refractivity contribution in [2.24, 2.45) is 0 Å². The summed E-state index contributed by atoms with van der Waals surface area (Å²) < 4.78 is 16.5. The van der Waals surface area contributed by atoms with Gasteiger partial charge >= 0.3 is 0 Å². The lowest BCUT2D eigenvalue weighted by Gasteiger charge is -2.13. The molecule has 0 bridgehead atoms. The van der Waals surface area contributed by atoms with Crippen molar-refractivity contribution in [3.05, 3.63) is 150 Å². The van der Waals surface area contributed by atoms with Crippen molar-refractivity contribution in [1.82, 2.24) is 5.32 Å². The Kier molecular flexibility index (Phi) is 12.1. The Labute approximate surface area is 289 Å². The third-order valence-electron chi connectivity index (χ3n) is 7.13. The SMILES string of the molecule is COc1ccc(OC)c(NC(=O)CSc2ccc(NC(=O)/C(=C/c3ccc(OCc4ccccc4)cc3)NC(=O)c3ccccc3)cc2)c1. The number of carbonyl (C=O) groups is 3. The molecule has 5 aromatic rings. The van der Waals surface area contributed by atoms with Crippen LogP contribution in [0.25, 0.3) is 6.08 Å². The maximum Gasteiger partial charge on any atom is 0.272 e. The van der Waals surface area contributed by atoms with Crippen molar-refractivity contribution < 1.29 is 28.6 Å². The largest absolute Gasteiger partial charge is 0.497 e. The van der Waals surface area contributed by atoms with E-state index in [0.29, 0.717) is 46.4 Å². The van der Waals surface area contributed by atoms with Crippen LogP contribution in [-0.4, -0.2) is 37.7 Å². The minimum absolute atomic E-state index is 0.0647. The van der Waals surface area contributed by atoms with Gasteiger partial charge in [0.15, 0.2) is 0 Å². The van der Waals surface area contributed by atoms with Crippen molar-refractivity contribution in [3.8, 4) is 17.2 Å². The molecule has 0 aromatic heterocycles.